The molecule has 0 radical (unpaired) electrons. The molecule has 0 bridgehead atoms. The van der Waals surface area contributed by atoms with E-state index in [1.165, 1.54) is 4.31 Å². The van der Waals surface area contributed by atoms with Crippen LogP contribution in [0.1, 0.15) is 33.1 Å². The first-order valence-electron chi connectivity index (χ1n) is 5.40. The van der Waals surface area contributed by atoms with Gasteiger partial charge in [-0.15, -0.1) is 0 Å². The Kier molecular flexibility index (Phi) is 7.27. The van der Waals surface area contributed by atoms with Crippen LogP contribution in [0.15, 0.2) is 0 Å². The second-order valence-corrected chi connectivity index (χ2v) is 5.20. The maximum absolute atomic E-state index is 11.7. The summed E-state index contributed by atoms with van der Waals surface area (Å²) >= 11 is 0. The maximum Gasteiger partial charge on any atom is 0.304 e. The van der Waals surface area contributed by atoms with Gasteiger partial charge in [-0.3, -0.25) is 4.79 Å². The fraction of sp³-hybridized carbons (Fsp3) is 0.889. The highest BCUT2D eigenvalue weighted by atomic mass is 32.2. The normalized spacial score (nSPS) is 11.9. The van der Waals surface area contributed by atoms with Gasteiger partial charge in [-0.25, -0.2) is 4.72 Å². The molecule has 0 aromatic carbocycles. The van der Waals surface area contributed by atoms with E-state index >= 15 is 0 Å². The van der Waals surface area contributed by atoms with Crippen molar-refractivity contribution >= 4 is 16.2 Å². The van der Waals surface area contributed by atoms with Gasteiger partial charge >= 0.3 is 5.97 Å². The molecule has 2 N–H and O–H groups in total. The topological polar surface area (TPSA) is 86.7 Å². The minimum atomic E-state index is -3.52. The molecule has 0 saturated carbocycles. The van der Waals surface area contributed by atoms with Gasteiger partial charge in [0.05, 0.1) is 6.42 Å². The zero-order valence-corrected chi connectivity index (χ0v) is 10.6. The van der Waals surface area contributed by atoms with E-state index < -0.39 is 16.2 Å². The molecule has 0 saturated heterocycles. The quantitative estimate of drug-likeness (QED) is 0.622. The SMILES string of the molecule is CCCN(CCC)S(=O)(=O)NCCC(=O)O. The van der Waals surface area contributed by atoms with Crippen molar-refractivity contribution in [2.45, 2.75) is 33.1 Å². The second-order valence-electron chi connectivity index (χ2n) is 3.44. The fourth-order valence-corrected chi connectivity index (χ4v) is 2.62. The molecule has 6 nitrogen and oxygen atoms in total. The minimum Gasteiger partial charge on any atom is -0.481 e. The van der Waals surface area contributed by atoms with Crippen molar-refractivity contribution in [2.75, 3.05) is 19.6 Å². The number of carboxylic acids is 1. The highest BCUT2D eigenvalue weighted by molar-refractivity contribution is 7.87. The predicted molar refractivity (Wildman–Crippen MR) is 61.3 cm³/mol. The average molecular weight is 252 g/mol. The lowest BCUT2D eigenvalue weighted by molar-refractivity contribution is -0.136. The number of rotatable bonds is 9. The lowest BCUT2D eigenvalue weighted by Crippen LogP contribution is -2.42. The van der Waals surface area contributed by atoms with Crippen LogP contribution in [0, 0.1) is 0 Å². The highest BCUT2D eigenvalue weighted by Crippen LogP contribution is 2.01. The first-order valence-corrected chi connectivity index (χ1v) is 6.84. The van der Waals surface area contributed by atoms with Gasteiger partial charge in [0.2, 0.25) is 0 Å². The Morgan fingerprint density at radius 2 is 1.75 bits per heavy atom. The lowest BCUT2D eigenvalue weighted by Gasteiger charge is -2.20. The Bertz CT molecular complexity index is 297. The first kappa shape index (κ1) is 15.3. The van der Waals surface area contributed by atoms with E-state index in [0.717, 1.165) is 12.8 Å². The van der Waals surface area contributed by atoms with Crippen molar-refractivity contribution in [2.24, 2.45) is 0 Å². The number of nitrogens with one attached hydrogen (secondary N) is 1. The summed E-state index contributed by atoms with van der Waals surface area (Å²) in [5.74, 6) is -1.01. The van der Waals surface area contributed by atoms with Gasteiger partial charge in [-0.05, 0) is 12.8 Å². The third kappa shape index (κ3) is 6.04. The molecule has 7 heteroatoms. The van der Waals surface area contributed by atoms with Crippen LogP contribution < -0.4 is 4.72 Å². The van der Waals surface area contributed by atoms with Gasteiger partial charge in [-0.1, -0.05) is 13.8 Å². The van der Waals surface area contributed by atoms with Crippen LogP contribution in [0.2, 0.25) is 0 Å². The van der Waals surface area contributed by atoms with Gasteiger partial charge in [0.25, 0.3) is 10.2 Å². The summed E-state index contributed by atoms with van der Waals surface area (Å²) in [6, 6.07) is 0. The van der Waals surface area contributed by atoms with Crippen LogP contribution in [0.4, 0.5) is 0 Å². The Morgan fingerprint density at radius 1 is 1.25 bits per heavy atom. The number of aliphatic carboxylic acids is 1. The van der Waals surface area contributed by atoms with Gasteiger partial charge in [-0.2, -0.15) is 12.7 Å². The third-order valence-corrected chi connectivity index (χ3v) is 3.52. The summed E-state index contributed by atoms with van der Waals surface area (Å²) in [6.45, 7) is 4.64. The molecule has 0 aromatic rings. The maximum atomic E-state index is 11.7. The molecular weight excluding hydrogens is 232 g/mol. The largest absolute Gasteiger partial charge is 0.481 e. The van der Waals surface area contributed by atoms with Gasteiger partial charge in [0, 0.05) is 19.6 Å². The fourth-order valence-electron chi connectivity index (χ4n) is 1.23. The Hall–Kier alpha value is -0.660. The summed E-state index contributed by atoms with van der Waals surface area (Å²) in [7, 11) is -3.52. The monoisotopic (exact) mass is 252 g/mol. The number of carbonyl (C=O) groups is 1. The van der Waals surface area contributed by atoms with E-state index in [1.807, 2.05) is 13.8 Å². The Morgan fingerprint density at radius 3 is 2.12 bits per heavy atom. The molecule has 0 fully saturated rings. The van der Waals surface area contributed by atoms with Crippen molar-refractivity contribution in [1.29, 1.82) is 0 Å². The number of hydrogen-bond acceptors (Lipinski definition) is 3. The summed E-state index contributed by atoms with van der Waals surface area (Å²) < 4.78 is 27.0. The van der Waals surface area contributed by atoms with Gasteiger partial charge in [0.1, 0.15) is 0 Å². The van der Waals surface area contributed by atoms with Crippen LogP contribution in [-0.2, 0) is 15.0 Å². The number of carboxylic acid groups (broad SMARTS) is 1. The van der Waals surface area contributed by atoms with Crippen LogP contribution in [-0.4, -0.2) is 43.4 Å². The van der Waals surface area contributed by atoms with Crippen molar-refractivity contribution in [3.63, 3.8) is 0 Å². The first-order chi connectivity index (χ1) is 7.44. The van der Waals surface area contributed by atoms with E-state index in [-0.39, 0.29) is 13.0 Å². The summed E-state index contributed by atoms with van der Waals surface area (Å²) in [4.78, 5) is 10.3. The zero-order chi connectivity index (χ0) is 12.6. The number of nitrogens with zero attached hydrogens (tertiary/aromatic N) is 1. The smallest absolute Gasteiger partial charge is 0.304 e. The highest BCUT2D eigenvalue weighted by Gasteiger charge is 2.19. The third-order valence-electron chi connectivity index (χ3n) is 1.91. The van der Waals surface area contributed by atoms with E-state index in [2.05, 4.69) is 4.72 Å². The molecule has 0 atom stereocenters. The van der Waals surface area contributed by atoms with E-state index in [1.54, 1.807) is 0 Å². The van der Waals surface area contributed by atoms with E-state index in [0.29, 0.717) is 13.1 Å². The zero-order valence-electron chi connectivity index (χ0n) is 9.77. The standard InChI is InChI=1S/C9H20N2O4S/c1-3-7-11(8-4-2)16(14,15)10-6-5-9(12)13/h10H,3-8H2,1-2H3,(H,12,13). The lowest BCUT2D eigenvalue weighted by atomic mass is 10.4. The number of hydrogen-bond donors (Lipinski definition) is 2. The molecule has 16 heavy (non-hydrogen) atoms. The molecule has 96 valence electrons. The molecule has 0 unspecified atom stereocenters. The molecule has 0 aromatic heterocycles. The van der Waals surface area contributed by atoms with Gasteiger partial charge < -0.3 is 5.11 Å². The minimum absolute atomic E-state index is 0.0679. The van der Waals surface area contributed by atoms with Gasteiger partial charge in [0.15, 0.2) is 0 Å². The Balaban J connectivity index is 4.29. The van der Waals surface area contributed by atoms with Crippen molar-refractivity contribution in [1.82, 2.24) is 9.03 Å². The van der Waals surface area contributed by atoms with Crippen LogP contribution in [0.3, 0.4) is 0 Å². The molecule has 0 amide bonds. The molecule has 0 rings (SSSR count). The van der Waals surface area contributed by atoms with Crippen molar-refractivity contribution < 1.29 is 18.3 Å². The average Bonchev–Trinajstić information content (AvgIpc) is 2.16. The van der Waals surface area contributed by atoms with Crippen molar-refractivity contribution in [3.8, 4) is 0 Å². The van der Waals surface area contributed by atoms with E-state index in [9.17, 15) is 13.2 Å². The molecular formula is C9H20N2O4S. The van der Waals surface area contributed by atoms with Crippen LogP contribution >= 0.6 is 0 Å². The molecule has 0 heterocycles. The molecule has 0 aliphatic heterocycles. The summed E-state index contributed by atoms with van der Waals surface area (Å²) in [6.07, 6.45) is 1.27. The van der Waals surface area contributed by atoms with Crippen molar-refractivity contribution in [3.05, 3.63) is 0 Å². The molecule has 0 aliphatic carbocycles. The van der Waals surface area contributed by atoms with E-state index in [4.69, 9.17) is 5.11 Å². The second kappa shape index (κ2) is 7.59. The summed E-state index contributed by atoms with van der Waals surface area (Å²) in [5.41, 5.74) is 0. The van der Waals surface area contributed by atoms with Crippen LogP contribution in [0.25, 0.3) is 0 Å². The molecule has 0 aliphatic rings. The molecule has 0 spiro atoms. The Labute approximate surface area is 96.8 Å². The predicted octanol–water partition coefficient (Wildman–Crippen LogP) is 0.418. The summed E-state index contributed by atoms with van der Waals surface area (Å²) in [5, 5.41) is 8.41. The van der Waals surface area contributed by atoms with Crippen LogP contribution in [0.5, 0.6) is 0 Å².